The summed E-state index contributed by atoms with van der Waals surface area (Å²) in [7, 11) is 0. The van der Waals surface area contributed by atoms with Crippen molar-refractivity contribution in [2.24, 2.45) is 5.73 Å². The van der Waals surface area contributed by atoms with E-state index in [-0.39, 0.29) is 17.3 Å². The van der Waals surface area contributed by atoms with E-state index < -0.39 is 5.60 Å². The number of phenolic OH excluding ortho intramolecular Hbond substituents is 1. The minimum absolute atomic E-state index is 0. The van der Waals surface area contributed by atoms with Gasteiger partial charge in [-0.2, -0.15) is 0 Å². The van der Waals surface area contributed by atoms with Crippen LogP contribution in [0.1, 0.15) is 25.0 Å². The highest BCUT2D eigenvalue weighted by Gasteiger charge is 2.22. The Morgan fingerprint density at radius 3 is 2.04 bits per heavy atom. The van der Waals surface area contributed by atoms with Gasteiger partial charge in [0.2, 0.25) is 0 Å². The zero-order valence-electron chi connectivity index (χ0n) is 13.5. The van der Waals surface area contributed by atoms with Crippen LogP contribution in [0, 0.1) is 0 Å². The molecule has 0 heterocycles. The van der Waals surface area contributed by atoms with E-state index in [1.165, 1.54) is 0 Å². The molecule has 0 spiro atoms. The lowest BCUT2D eigenvalue weighted by Crippen LogP contribution is -2.44. The van der Waals surface area contributed by atoms with E-state index in [4.69, 9.17) is 10.5 Å². The lowest BCUT2D eigenvalue weighted by Gasteiger charge is -2.25. The van der Waals surface area contributed by atoms with E-state index >= 15 is 0 Å². The Labute approximate surface area is 136 Å². The number of ether oxygens (including phenoxy) is 1. The Kier molecular flexibility index (Phi) is 6.57. The van der Waals surface area contributed by atoms with Gasteiger partial charge in [0.1, 0.15) is 18.1 Å². The molecule has 0 aliphatic rings. The Morgan fingerprint density at radius 1 is 1.00 bits per heavy atom. The van der Waals surface area contributed by atoms with Crippen LogP contribution in [-0.2, 0) is 13.0 Å². The molecule has 126 valence electrons. The number of nitrogens with two attached hydrogens (primary N) is 1. The van der Waals surface area contributed by atoms with E-state index in [0.717, 1.165) is 16.9 Å². The topological polar surface area (TPSA) is 107 Å². The van der Waals surface area contributed by atoms with Crippen LogP contribution in [0.25, 0.3) is 0 Å². The minimum atomic E-state index is -0.895. The van der Waals surface area contributed by atoms with Gasteiger partial charge in [0.25, 0.3) is 0 Å². The average molecular weight is 319 g/mol. The summed E-state index contributed by atoms with van der Waals surface area (Å²) in [5.74, 6) is 1.02. The molecule has 5 nitrogen and oxygen atoms in total. The quantitative estimate of drug-likeness (QED) is 0.754. The van der Waals surface area contributed by atoms with Crippen LogP contribution in [0.2, 0.25) is 0 Å². The highest BCUT2D eigenvalue weighted by Crippen LogP contribution is 2.18. The zero-order valence-corrected chi connectivity index (χ0v) is 13.5. The molecule has 0 saturated carbocycles. The fourth-order valence-corrected chi connectivity index (χ4v) is 1.98. The van der Waals surface area contributed by atoms with Gasteiger partial charge in [-0.25, -0.2) is 0 Å². The van der Waals surface area contributed by atoms with Crippen molar-refractivity contribution in [2.75, 3.05) is 0 Å². The molecule has 2 aromatic rings. The molecule has 0 saturated heterocycles. The predicted molar refractivity (Wildman–Crippen MR) is 90.5 cm³/mol. The maximum atomic E-state index is 9.86. The van der Waals surface area contributed by atoms with Crippen LogP contribution in [0.5, 0.6) is 11.5 Å². The number of aliphatic hydroxyl groups is 1. The van der Waals surface area contributed by atoms with E-state index in [2.05, 4.69) is 0 Å². The third-order valence-electron chi connectivity index (χ3n) is 3.63. The first-order valence-electron chi connectivity index (χ1n) is 7.32. The largest absolute Gasteiger partial charge is 0.508 e. The third kappa shape index (κ3) is 5.90. The molecule has 0 bridgehead atoms. The van der Waals surface area contributed by atoms with Gasteiger partial charge in [0, 0.05) is 6.04 Å². The van der Waals surface area contributed by atoms with Crippen LogP contribution in [0.3, 0.4) is 0 Å². The molecule has 0 aliphatic heterocycles. The van der Waals surface area contributed by atoms with Gasteiger partial charge in [-0.05, 0) is 55.7 Å². The highest BCUT2D eigenvalue weighted by molar-refractivity contribution is 5.29. The lowest BCUT2D eigenvalue weighted by molar-refractivity contribution is 0.0521. The van der Waals surface area contributed by atoms with Gasteiger partial charge in [0.15, 0.2) is 0 Å². The van der Waals surface area contributed by atoms with Crippen LogP contribution in [-0.4, -0.2) is 27.3 Å². The maximum Gasteiger partial charge on any atom is 0.119 e. The smallest absolute Gasteiger partial charge is 0.119 e. The van der Waals surface area contributed by atoms with Crippen LogP contribution < -0.4 is 10.5 Å². The van der Waals surface area contributed by atoms with Crippen molar-refractivity contribution in [2.45, 2.75) is 38.5 Å². The van der Waals surface area contributed by atoms with Gasteiger partial charge in [-0.3, -0.25) is 0 Å². The molecule has 2 rings (SSSR count). The van der Waals surface area contributed by atoms with Gasteiger partial charge in [-0.15, -0.1) is 0 Å². The molecule has 0 fully saturated rings. The number of hydrogen-bond acceptors (Lipinski definition) is 4. The summed E-state index contributed by atoms with van der Waals surface area (Å²) >= 11 is 0. The number of benzene rings is 2. The van der Waals surface area contributed by atoms with Crippen LogP contribution in [0.4, 0.5) is 0 Å². The average Bonchev–Trinajstić information content (AvgIpc) is 2.47. The van der Waals surface area contributed by atoms with Crippen molar-refractivity contribution in [1.29, 1.82) is 0 Å². The summed E-state index contributed by atoms with van der Waals surface area (Å²) in [6, 6.07) is 14.3. The van der Waals surface area contributed by atoms with Gasteiger partial charge in [-0.1, -0.05) is 24.3 Å². The van der Waals surface area contributed by atoms with Gasteiger partial charge >= 0.3 is 0 Å². The molecule has 0 aliphatic carbocycles. The summed E-state index contributed by atoms with van der Waals surface area (Å²) in [5, 5.41) is 19.1. The normalized spacial score (nSPS) is 12.3. The number of aromatic hydroxyl groups is 1. The highest BCUT2D eigenvalue weighted by atomic mass is 16.5. The molecule has 0 aromatic heterocycles. The van der Waals surface area contributed by atoms with Crippen LogP contribution >= 0.6 is 0 Å². The second kappa shape index (κ2) is 7.97. The Hall–Kier alpha value is -2.08. The van der Waals surface area contributed by atoms with E-state index in [1.807, 2.05) is 36.4 Å². The number of rotatable bonds is 6. The summed E-state index contributed by atoms with van der Waals surface area (Å²) in [5.41, 5.74) is 7.12. The van der Waals surface area contributed by atoms with Crippen molar-refractivity contribution < 1.29 is 20.4 Å². The Morgan fingerprint density at radius 2 is 1.52 bits per heavy atom. The summed E-state index contributed by atoms with van der Waals surface area (Å²) in [4.78, 5) is 0. The third-order valence-corrected chi connectivity index (χ3v) is 3.63. The summed E-state index contributed by atoms with van der Waals surface area (Å²) in [6.45, 7) is 3.88. The number of phenols is 1. The fourth-order valence-electron chi connectivity index (χ4n) is 1.98. The van der Waals surface area contributed by atoms with Crippen molar-refractivity contribution >= 4 is 0 Å². The summed E-state index contributed by atoms with van der Waals surface area (Å²) in [6.07, 6.45) is 0.613. The van der Waals surface area contributed by atoms with Gasteiger partial charge < -0.3 is 26.2 Å². The Bertz CT molecular complexity index is 588. The monoisotopic (exact) mass is 319 g/mol. The first kappa shape index (κ1) is 19.0. The predicted octanol–water partition coefficient (Wildman–Crippen LogP) is 1.79. The van der Waals surface area contributed by atoms with E-state index in [1.54, 1.807) is 26.0 Å². The van der Waals surface area contributed by atoms with E-state index in [9.17, 15) is 10.2 Å². The molecule has 0 unspecified atom stereocenters. The molecule has 6 N–H and O–H groups in total. The fraction of sp³-hybridized carbons (Fsp3) is 0.333. The molecule has 5 heteroatoms. The van der Waals surface area contributed by atoms with Crippen molar-refractivity contribution in [3.05, 3.63) is 59.7 Å². The number of hydrogen-bond donors (Lipinski definition) is 3. The summed E-state index contributed by atoms with van der Waals surface area (Å²) < 4.78 is 5.70. The van der Waals surface area contributed by atoms with Gasteiger partial charge in [0.05, 0.1) is 5.60 Å². The second-order valence-electron chi connectivity index (χ2n) is 6.06. The molecular weight excluding hydrogens is 294 g/mol. The zero-order chi connectivity index (χ0) is 16.2. The SMILES string of the molecule is CC(C)(O)[C@@H](N)Cc1ccc(OCc2ccc(O)cc2)cc1.O. The molecule has 1 atom stereocenters. The van der Waals surface area contributed by atoms with E-state index in [0.29, 0.717) is 13.0 Å². The molecule has 2 aromatic carbocycles. The first-order chi connectivity index (χ1) is 10.3. The first-order valence-corrected chi connectivity index (χ1v) is 7.32. The van der Waals surface area contributed by atoms with Crippen molar-refractivity contribution in [1.82, 2.24) is 0 Å². The van der Waals surface area contributed by atoms with Crippen molar-refractivity contribution in [3.63, 3.8) is 0 Å². The second-order valence-corrected chi connectivity index (χ2v) is 6.06. The molecule has 0 radical (unpaired) electrons. The molecule has 23 heavy (non-hydrogen) atoms. The van der Waals surface area contributed by atoms with Crippen LogP contribution in [0.15, 0.2) is 48.5 Å². The molecular formula is C18H25NO4. The molecule has 0 amide bonds. The standard InChI is InChI=1S/C18H23NO3.H2O/c1-18(2,21)17(19)11-13-5-9-16(10-6-13)22-12-14-3-7-15(20)8-4-14;/h3-10,17,20-21H,11-12,19H2,1-2H3;1H2/t17-;/m0./s1. The minimum Gasteiger partial charge on any atom is -0.508 e. The maximum absolute atomic E-state index is 9.86. The lowest BCUT2D eigenvalue weighted by atomic mass is 9.93. The van der Waals surface area contributed by atoms with Crippen molar-refractivity contribution in [3.8, 4) is 11.5 Å². The Balaban J connectivity index is 0.00000264.